The Balaban J connectivity index is 1.69. The fraction of sp³-hybridized carbons (Fsp3) is 0.588. The molecule has 2 aromatic rings. The number of nitrogens with zero attached hydrogens (tertiary/aromatic N) is 3. The van der Waals surface area contributed by atoms with Gasteiger partial charge in [0, 0.05) is 23.9 Å². The maximum atomic E-state index is 12.2. The predicted octanol–water partition coefficient (Wildman–Crippen LogP) is 3.52. The van der Waals surface area contributed by atoms with Crippen molar-refractivity contribution in [2.24, 2.45) is 5.92 Å². The first-order valence-electron chi connectivity index (χ1n) is 8.45. The first kappa shape index (κ1) is 17.5. The average molecular weight is 365 g/mol. The lowest BCUT2D eigenvalue weighted by atomic mass is 10.2. The van der Waals surface area contributed by atoms with E-state index in [-0.39, 0.29) is 11.2 Å². The first-order chi connectivity index (χ1) is 11.5. The Morgan fingerprint density at radius 2 is 2.21 bits per heavy atom. The van der Waals surface area contributed by atoms with Gasteiger partial charge in [-0.2, -0.15) is 0 Å². The molecule has 2 aromatic heterocycles. The molecule has 7 heteroatoms. The summed E-state index contributed by atoms with van der Waals surface area (Å²) in [5, 5.41) is 14.6. The second-order valence-corrected chi connectivity index (χ2v) is 9.00. The van der Waals surface area contributed by atoms with E-state index in [1.807, 2.05) is 6.92 Å². The average Bonchev–Trinajstić information content (AvgIpc) is 3.10. The molecule has 0 saturated heterocycles. The van der Waals surface area contributed by atoms with E-state index in [1.165, 1.54) is 29.5 Å². The van der Waals surface area contributed by atoms with Gasteiger partial charge in [-0.25, -0.2) is 0 Å². The third-order valence-electron chi connectivity index (χ3n) is 3.90. The summed E-state index contributed by atoms with van der Waals surface area (Å²) >= 11 is 3.26. The summed E-state index contributed by atoms with van der Waals surface area (Å²) in [6, 6.07) is 4.70. The molecular weight excluding hydrogens is 340 g/mol. The van der Waals surface area contributed by atoms with Crippen molar-refractivity contribution in [1.82, 2.24) is 20.1 Å². The monoisotopic (exact) mass is 364 g/mol. The van der Waals surface area contributed by atoms with Crippen LogP contribution in [0.25, 0.3) is 0 Å². The van der Waals surface area contributed by atoms with Gasteiger partial charge < -0.3 is 9.88 Å². The molecule has 1 N–H and O–H groups in total. The molecule has 0 aromatic carbocycles. The fourth-order valence-corrected chi connectivity index (χ4v) is 4.10. The quantitative estimate of drug-likeness (QED) is 0.728. The van der Waals surface area contributed by atoms with Crippen LogP contribution in [0.2, 0.25) is 0 Å². The molecule has 0 aliphatic heterocycles. The number of hydrogen-bond acceptors (Lipinski definition) is 5. The zero-order chi connectivity index (χ0) is 17.1. The van der Waals surface area contributed by atoms with Crippen molar-refractivity contribution in [1.29, 1.82) is 0 Å². The van der Waals surface area contributed by atoms with Gasteiger partial charge in [0.15, 0.2) is 5.16 Å². The van der Waals surface area contributed by atoms with Crippen LogP contribution in [-0.4, -0.2) is 32.5 Å². The molecule has 1 fully saturated rings. The number of thioether (sulfide) groups is 1. The highest BCUT2D eigenvalue weighted by molar-refractivity contribution is 8.00. The molecule has 1 atom stereocenters. The topological polar surface area (TPSA) is 59.8 Å². The minimum absolute atomic E-state index is 0.0684. The van der Waals surface area contributed by atoms with E-state index in [1.54, 1.807) is 11.3 Å². The van der Waals surface area contributed by atoms with Crippen LogP contribution in [0, 0.1) is 5.92 Å². The highest BCUT2D eigenvalue weighted by atomic mass is 32.2. The van der Waals surface area contributed by atoms with Crippen molar-refractivity contribution < 1.29 is 4.79 Å². The van der Waals surface area contributed by atoms with Crippen LogP contribution in [0.1, 0.15) is 50.4 Å². The van der Waals surface area contributed by atoms with Crippen molar-refractivity contribution in [2.45, 2.75) is 56.5 Å². The lowest BCUT2D eigenvalue weighted by molar-refractivity contribution is -0.120. The molecule has 0 bridgehead atoms. The van der Waals surface area contributed by atoms with Gasteiger partial charge >= 0.3 is 0 Å². The summed E-state index contributed by atoms with van der Waals surface area (Å²) in [6.07, 6.45) is 3.17. The summed E-state index contributed by atoms with van der Waals surface area (Å²) in [5.41, 5.74) is 0. The van der Waals surface area contributed by atoms with Crippen molar-refractivity contribution >= 4 is 29.0 Å². The van der Waals surface area contributed by atoms with Crippen LogP contribution in [-0.2, 0) is 11.2 Å². The Morgan fingerprint density at radius 1 is 1.42 bits per heavy atom. The van der Waals surface area contributed by atoms with Gasteiger partial charge in [0.1, 0.15) is 5.82 Å². The zero-order valence-electron chi connectivity index (χ0n) is 14.4. The Hall–Kier alpha value is -1.34. The minimum Gasteiger partial charge on any atom is -0.355 e. The van der Waals surface area contributed by atoms with Crippen LogP contribution in [0.3, 0.4) is 0 Å². The van der Waals surface area contributed by atoms with E-state index in [0.717, 1.165) is 17.4 Å². The number of carbonyl (C=O) groups excluding carboxylic acids is 1. The zero-order valence-corrected chi connectivity index (χ0v) is 16.0. The summed E-state index contributed by atoms with van der Waals surface area (Å²) in [6.45, 7) is 6.84. The molecular formula is C17H24N4OS2. The maximum absolute atomic E-state index is 12.2. The highest BCUT2D eigenvalue weighted by Gasteiger charge is 2.31. The molecule has 1 amide bonds. The molecule has 24 heavy (non-hydrogen) atoms. The lowest BCUT2D eigenvalue weighted by Gasteiger charge is -2.14. The number of nitrogens with one attached hydrogen (secondary N) is 1. The van der Waals surface area contributed by atoms with Crippen LogP contribution in [0.15, 0.2) is 22.7 Å². The van der Waals surface area contributed by atoms with Gasteiger partial charge in [-0.1, -0.05) is 31.7 Å². The van der Waals surface area contributed by atoms with Crippen LogP contribution >= 0.6 is 23.1 Å². The summed E-state index contributed by atoms with van der Waals surface area (Å²) in [5.74, 6) is 1.54. The summed E-state index contributed by atoms with van der Waals surface area (Å²) in [7, 11) is 0. The van der Waals surface area contributed by atoms with Crippen LogP contribution in [0.4, 0.5) is 0 Å². The minimum atomic E-state index is -0.167. The van der Waals surface area contributed by atoms with Crippen LogP contribution in [0.5, 0.6) is 0 Å². The second kappa shape index (κ2) is 7.70. The van der Waals surface area contributed by atoms with Gasteiger partial charge in [-0.15, -0.1) is 21.5 Å². The molecule has 3 rings (SSSR count). The smallest absolute Gasteiger partial charge is 0.233 e. The number of hydrogen-bond donors (Lipinski definition) is 1. The number of thiophene rings is 1. The van der Waals surface area contributed by atoms with Gasteiger partial charge in [0.2, 0.25) is 5.91 Å². The van der Waals surface area contributed by atoms with Crippen LogP contribution < -0.4 is 5.32 Å². The lowest BCUT2D eigenvalue weighted by Crippen LogP contribution is -2.33. The molecule has 0 spiro atoms. The van der Waals surface area contributed by atoms with E-state index >= 15 is 0 Å². The van der Waals surface area contributed by atoms with Crippen molar-refractivity contribution in [2.75, 3.05) is 6.54 Å². The van der Waals surface area contributed by atoms with Crippen molar-refractivity contribution in [3.8, 4) is 0 Å². The Kier molecular flexibility index (Phi) is 5.61. The molecule has 0 radical (unpaired) electrons. The third-order valence-corrected chi connectivity index (χ3v) is 5.83. The molecule has 130 valence electrons. The van der Waals surface area contributed by atoms with Gasteiger partial charge in [-0.3, -0.25) is 4.79 Å². The van der Waals surface area contributed by atoms with E-state index in [2.05, 4.69) is 51.4 Å². The van der Waals surface area contributed by atoms with Crippen molar-refractivity contribution in [3.05, 3.63) is 28.2 Å². The molecule has 1 aliphatic carbocycles. The molecule has 0 unspecified atom stereocenters. The highest BCUT2D eigenvalue weighted by Crippen LogP contribution is 2.40. The summed E-state index contributed by atoms with van der Waals surface area (Å²) in [4.78, 5) is 13.5. The molecule has 1 aliphatic rings. The third kappa shape index (κ3) is 4.39. The second-order valence-electron chi connectivity index (χ2n) is 6.66. The SMILES string of the molecule is CC(C)CNC(=O)[C@H](C)Sc1nnc(Cc2cccs2)n1C1CC1. The van der Waals surface area contributed by atoms with Gasteiger partial charge in [0.05, 0.1) is 5.25 Å². The number of carbonyl (C=O) groups is 1. The largest absolute Gasteiger partial charge is 0.355 e. The number of rotatable bonds is 8. The van der Waals surface area contributed by atoms with E-state index < -0.39 is 0 Å². The van der Waals surface area contributed by atoms with E-state index in [4.69, 9.17) is 0 Å². The molecule has 1 saturated carbocycles. The van der Waals surface area contributed by atoms with Gasteiger partial charge in [0.25, 0.3) is 0 Å². The van der Waals surface area contributed by atoms with Gasteiger partial charge in [-0.05, 0) is 37.1 Å². The standard InChI is InChI=1S/C17H24N4OS2/c1-11(2)10-18-16(22)12(3)24-17-20-19-15(21(17)13-6-7-13)9-14-5-4-8-23-14/h4-5,8,11-13H,6-7,9-10H2,1-3H3,(H,18,22)/t12-/m0/s1. The maximum Gasteiger partial charge on any atom is 0.233 e. The van der Waals surface area contributed by atoms with E-state index in [9.17, 15) is 4.79 Å². The fourth-order valence-electron chi connectivity index (χ4n) is 2.44. The molecule has 5 nitrogen and oxygen atoms in total. The van der Waals surface area contributed by atoms with E-state index in [0.29, 0.717) is 18.5 Å². The van der Waals surface area contributed by atoms with Crippen molar-refractivity contribution in [3.63, 3.8) is 0 Å². The normalized spacial score (nSPS) is 15.7. The first-order valence-corrected chi connectivity index (χ1v) is 10.2. The Labute approximate surface area is 151 Å². The Morgan fingerprint density at radius 3 is 2.83 bits per heavy atom. The number of amides is 1. The number of aromatic nitrogens is 3. The Bertz CT molecular complexity index is 677. The predicted molar refractivity (Wildman–Crippen MR) is 98.6 cm³/mol. The molecule has 2 heterocycles. The summed E-state index contributed by atoms with van der Waals surface area (Å²) < 4.78 is 2.25.